The van der Waals surface area contributed by atoms with Crippen molar-refractivity contribution in [3.8, 4) is 0 Å². The molecule has 0 radical (unpaired) electrons. The third-order valence-corrected chi connectivity index (χ3v) is 3.54. The molecule has 1 N–H and O–H groups in total. The van der Waals surface area contributed by atoms with Crippen LogP contribution < -0.4 is 0 Å². The number of nitrogens with zero attached hydrogens (tertiary/aromatic N) is 1. The summed E-state index contributed by atoms with van der Waals surface area (Å²) in [6, 6.07) is 12.4. The summed E-state index contributed by atoms with van der Waals surface area (Å²) >= 11 is 0. The number of fused-ring (bicyclic) bond motifs is 1. The molecule has 1 aliphatic rings. The quantitative estimate of drug-likeness (QED) is 0.897. The molecule has 1 unspecified atom stereocenters. The molecule has 1 aromatic carbocycles. The van der Waals surface area contributed by atoms with Crippen LogP contribution >= 0.6 is 0 Å². The van der Waals surface area contributed by atoms with Gasteiger partial charge in [-0.05, 0) is 29.7 Å². The smallest absolute Gasteiger partial charge is 0.101 e. The number of hydrogen-bond donors (Lipinski definition) is 1. The molecule has 94 valence electrons. The zero-order valence-electron chi connectivity index (χ0n) is 10.2. The third-order valence-electron chi connectivity index (χ3n) is 3.54. The molecule has 3 nitrogen and oxygen atoms in total. The summed E-state index contributed by atoms with van der Waals surface area (Å²) in [4.78, 5) is 0. The van der Waals surface area contributed by atoms with E-state index in [9.17, 15) is 5.11 Å². The van der Waals surface area contributed by atoms with Crippen molar-refractivity contribution in [2.24, 2.45) is 0 Å². The molecule has 0 saturated heterocycles. The normalized spacial score (nSPS) is 18.6. The van der Waals surface area contributed by atoms with Gasteiger partial charge in [0.2, 0.25) is 0 Å². The van der Waals surface area contributed by atoms with E-state index in [1.165, 1.54) is 11.1 Å². The SMILES string of the molecule is OCc1cccn1CC1OCCc2ccccc21. The summed E-state index contributed by atoms with van der Waals surface area (Å²) < 4.78 is 7.94. The molecule has 1 aromatic heterocycles. The minimum absolute atomic E-state index is 0.0708. The van der Waals surface area contributed by atoms with E-state index in [-0.39, 0.29) is 12.7 Å². The van der Waals surface area contributed by atoms with Gasteiger partial charge < -0.3 is 14.4 Å². The van der Waals surface area contributed by atoms with Crippen molar-refractivity contribution in [3.05, 3.63) is 59.4 Å². The maximum atomic E-state index is 9.27. The highest BCUT2D eigenvalue weighted by molar-refractivity contribution is 5.31. The number of ether oxygens (including phenoxy) is 1. The second-order valence-electron chi connectivity index (χ2n) is 4.62. The third kappa shape index (κ3) is 2.07. The van der Waals surface area contributed by atoms with Gasteiger partial charge >= 0.3 is 0 Å². The number of hydrogen-bond acceptors (Lipinski definition) is 2. The maximum Gasteiger partial charge on any atom is 0.101 e. The van der Waals surface area contributed by atoms with Crippen LogP contribution in [0.2, 0.25) is 0 Å². The minimum Gasteiger partial charge on any atom is -0.390 e. The second kappa shape index (κ2) is 4.96. The van der Waals surface area contributed by atoms with Gasteiger partial charge in [0, 0.05) is 11.9 Å². The standard InChI is InChI=1S/C15H17NO2/c17-11-13-5-3-8-16(13)10-15-14-6-2-1-4-12(14)7-9-18-15/h1-6,8,15,17H,7,9-11H2. The largest absolute Gasteiger partial charge is 0.390 e. The first-order valence-electron chi connectivity index (χ1n) is 6.33. The first-order chi connectivity index (χ1) is 8.88. The molecular weight excluding hydrogens is 226 g/mol. The topological polar surface area (TPSA) is 34.4 Å². The van der Waals surface area contributed by atoms with Crippen LogP contribution in [0, 0.1) is 0 Å². The molecule has 3 heteroatoms. The van der Waals surface area contributed by atoms with Crippen LogP contribution in [0.25, 0.3) is 0 Å². The molecule has 2 heterocycles. The number of aromatic nitrogens is 1. The molecule has 3 rings (SSSR count). The maximum absolute atomic E-state index is 9.27. The lowest BCUT2D eigenvalue weighted by atomic mass is 9.97. The number of benzene rings is 1. The van der Waals surface area contributed by atoms with E-state index in [0.717, 1.165) is 25.3 Å². The lowest BCUT2D eigenvalue weighted by molar-refractivity contribution is 0.0296. The lowest BCUT2D eigenvalue weighted by Gasteiger charge is -2.27. The Bertz CT molecular complexity index is 533. The Morgan fingerprint density at radius 2 is 2.11 bits per heavy atom. The Morgan fingerprint density at radius 1 is 1.22 bits per heavy atom. The summed E-state index contributed by atoms with van der Waals surface area (Å²) in [5.41, 5.74) is 3.59. The van der Waals surface area contributed by atoms with Gasteiger partial charge in [-0.2, -0.15) is 0 Å². The van der Waals surface area contributed by atoms with Crippen LogP contribution in [-0.4, -0.2) is 16.3 Å². The van der Waals surface area contributed by atoms with Crippen LogP contribution in [0.5, 0.6) is 0 Å². The molecule has 1 aliphatic heterocycles. The summed E-state index contributed by atoms with van der Waals surface area (Å²) in [5.74, 6) is 0. The second-order valence-corrected chi connectivity index (χ2v) is 4.62. The Kier molecular flexibility index (Phi) is 3.17. The van der Waals surface area contributed by atoms with Crippen LogP contribution in [0.3, 0.4) is 0 Å². The summed E-state index contributed by atoms with van der Waals surface area (Å²) in [6.45, 7) is 1.61. The fourth-order valence-corrected chi connectivity index (χ4v) is 2.58. The van der Waals surface area contributed by atoms with Crippen molar-refractivity contribution >= 4 is 0 Å². The Labute approximate surface area is 107 Å². The molecule has 1 atom stereocenters. The Hall–Kier alpha value is -1.58. The average molecular weight is 243 g/mol. The fourth-order valence-electron chi connectivity index (χ4n) is 2.58. The van der Waals surface area contributed by atoms with Crippen molar-refractivity contribution in [2.45, 2.75) is 25.7 Å². The van der Waals surface area contributed by atoms with Gasteiger partial charge in [-0.15, -0.1) is 0 Å². The van der Waals surface area contributed by atoms with Crippen LogP contribution in [0.15, 0.2) is 42.6 Å². The first-order valence-corrected chi connectivity index (χ1v) is 6.33. The van der Waals surface area contributed by atoms with Crippen LogP contribution in [-0.2, 0) is 24.3 Å². The van der Waals surface area contributed by atoms with Gasteiger partial charge in [0.1, 0.15) is 6.10 Å². The highest BCUT2D eigenvalue weighted by Gasteiger charge is 2.21. The summed E-state index contributed by atoms with van der Waals surface area (Å²) in [6.07, 6.45) is 3.07. The van der Waals surface area contributed by atoms with Gasteiger partial charge in [-0.25, -0.2) is 0 Å². The molecule has 0 bridgehead atoms. The molecule has 2 aromatic rings. The van der Waals surface area contributed by atoms with Crippen molar-refractivity contribution < 1.29 is 9.84 Å². The van der Waals surface area contributed by atoms with E-state index in [1.54, 1.807) is 0 Å². The highest BCUT2D eigenvalue weighted by atomic mass is 16.5. The number of aliphatic hydroxyl groups is 1. The van der Waals surface area contributed by atoms with Crippen LogP contribution in [0.4, 0.5) is 0 Å². The van der Waals surface area contributed by atoms with Crippen molar-refractivity contribution in [3.63, 3.8) is 0 Å². The summed E-state index contributed by atoms with van der Waals surface area (Å²) in [7, 11) is 0. The number of rotatable bonds is 3. The average Bonchev–Trinajstić information content (AvgIpc) is 2.86. The van der Waals surface area contributed by atoms with E-state index in [0.29, 0.717) is 0 Å². The van der Waals surface area contributed by atoms with Crippen molar-refractivity contribution in [1.82, 2.24) is 4.57 Å². The predicted molar refractivity (Wildman–Crippen MR) is 69.2 cm³/mol. The monoisotopic (exact) mass is 243 g/mol. The van der Waals surface area contributed by atoms with Gasteiger partial charge in [-0.1, -0.05) is 24.3 Å². The van der Waals surface area contributed by atoms with Gasteiger partial charge in [-0.3, -0.25) is 0 Å². The molecule has 0 saturated carbocycles. The summed E-state index contributed by atoms with van der Waals surface area (Å²) in [5, 5.41) is 9.27. The van der Waals surface area contributed by atoms with E-state index in [4.69, 9.17) is 4.74 Å². The number of aliphatic hydroxyl groups excluding tert-OH is 1. The van der Waals surface area contributed by atoms with Crippen molar-refractivity contribution in [2.75, 3.05) is 6.61 Å². The first kappa shape index (κ1) is 11.5. The molecule has 0 amide bonds. The minimum atomic E-state index is 0.0708. The van der Waals surface area contributed by atoms with E-state index >= 15 is 0 Å². The van der Waals surface area contributed by atoms with Gasteiger partial charge in [0.15, 0.2) is 0 Å². The highest BCUT2D eigenvalue weighted by Crippen LogP contribution is 2.28. The van der Waals surface area contributed by atoms with Crippen LogP contribution in [0.1, 0.15) is 22.9 Å². The molecule has 0 aliphatic carbocycles. The van der Waals surface area contributed by atoms with E-state index < -0.39 is 0 Å². The Balaban J connectivity index is 1.86. The van der Waals surface area contributed by atoms with Gasteiger partial charge in [0.05, 0.1) is 19.8 Å². The van der Waals surface area contributed by atoms with Crippen molar-refractivity contribution in [1.29, 1.82) is 0 Å². The zero-order valence-corrected chi connectivity index (χ0v) is 10.2. The fraction of sp³-hybridized carbons (Fsp3) is 0.333. The molecule has 18 heavy (non-hydrogen) atoms. The Morgan fingerprint density at radius 3 is 3.00 bits per heavy atom. The predicted octanol–water partition coefficient (Wildman–Crippen LogP) is 2.29. The molecule has 0 spiro atoms. The van der Waals surface area contributed by atoms with E-state index in [2.05, 4.69) is 28.8 Å². The zero-order chi connectivity index (χ0) is 12.4. The van der Waals surface area contributed by atoms with E-state index in [1.807, 2.05) is 18.3 Å². The lowest BCUT2D eigenvalue weighted by Crippen LogP contribution is -2.21. The van der Waals surface area contributed by atoms with Gasteiger partial charge in [0.25, 0.3) is 0 Å². The molecule has 0 fully saturated rings. The molecular formula is C15H17NO2.